The van der Waals surface area contributed by atoms with E-state index in [0.717, 1.165) is 9.87 Å². The van der Waals surface area contributed by atoms with Crippen LogP contribution < -0.4 is 5.32 Å². The number of thiophene rings is 1. The lowest BCUT2D eigenvalue weighted by Crippen LogP contribution is -2.30. The van der Waals surface area contributed by atoms with Crippen molar-refractivity contribution in [2.75, 3.05) is 19.4 Å². The molecular formula is C18H22N2O5S2. The van der Waals surface area contributed by atoms with Crippen LogP contribution in [0.4, 0.5) is 5.69 Å². The summed E-state index contributed by atoms with van der Waals surface area (Å²) in [4.78, 5) is 25.1. The van der Waals surface area contributed by atoms with Crippen LogP contribution in [0.15, 0.2) is 34.5 Å². The molecule has 0 fully saturated rings. The predicted molar refractivity (Wildman–Crippen MR) is 105 cm³/mol. The van der Waals surface area contributed by atoms with Gasteiger partial charge in [-0.3, -0.25) is 4.79 Å². The average Bonchev–Trinajstić information content (AvgIpc) is 3.02. The maximum Gasteiger partial charge on any atom is 0.349 e. The summed E-state index contributed by atoms with van der Waals surface area (Å²) in [7, 11) is -0.763. The summed E-state index contributed by atoms with van der Waals surface area (Å²) in [5, 5.41) is 4.41. The third-order valence-corrected chi connectivity index (χ3v) is 6.75. The van der Waals surface area contributed by atoms with Crippen molar-refractivity contribution in [3.05, 3.63) is 45.6 Å². The SMILES string of the molecule is Cc1ccc(S(=O)(=O)N(C)C)cc1NC(=O)C(C)OC(=O)c1sccc1C. The number of benzene rings is 1. The van der Waals surface area contributed by atoms with Crippen molar-refractivity contribution in [3.63, 3.8) is 0 Å². The van der Waals surface area contributed by atoms with E-state index < -0.39 is 28.0 Å². The van der Waals surface area contributed by atoms with Crippen LogP contribution in [0.1, 0.15) is 27.7 Å². The Balaban J connectivity index is 2.15. The monoisotopic (exact) mass is 410 g/mol. The largest absolute Gasteiger partial charge is 0.448 e. The van der Waals surface area contributed by atoms with E-state index in [2.05, 4.69) is 5.32 Å². The summed E-state index contributed by atoms with van der Waals surface area (Å²) in [6.45, 7) is 5.00. The van der Waals surface area contributed by atoms with E-state index in [1.54, 1.807) is 31.4 Å². The summed E-state index contributed by atoms with van der Waals surface area (Å²) in [6.07, 6.45) is -1.03. The zero-order valence-corrected chi connectivity index (χ0v) is 17.4. The molecule has 0 saturated heterocycles. The van der Waals surface area contributed by atoms with E-state index >= 15 is 0 Å². The fourth-order valence-electron chi connectivity index (χ4n) is 2.19. The van der Waals surface area contributed by atoms with Crippen molar-refractivity contribution in [1.29, 1.82) is 0 Å². The Bertz CT molecular complexity index is 964. The molecule has 0 saturated carbocycles. The van der Waals surface area contributed by atoms with Gasteiger partial charge in [-0.25, -0.2) is 17.5 Å². The molecule has 1 amide bonds. The highest BCUT2D eigenvalue weighted by atomic mass is 32.2. The van der Waals surface area contributed by atoms with E-state index in [1.807, 2.05) is 0 Å². The molecule has 7 nitrogen and oxygen atoms in total. The highest BCUT2D eigenvalue weighted by Crippen LogP contribution is 2.23. The second-order valence-electron chi connectivity index (χ2n) is 6.23. The molecule has 1 aromatic heterocycles. The Morgan fingerprint density at radius 2 is 1.81 bits per heavy atom. The standard InChI is InChI=1S/C18H22N2O5S2/c1-11-6-7-14(27(23,24)20(4)5)10-15(11)19-17(21)13(3)25-18(22)16-12(2)8-9-26-16/h6-10,13H,1-5H3,(H,19,21). The van der Waals surface area contributed by atoms with Gasteiger partial charge < -0.3 is 10.1 Å². The van der Waals surface area contributed by atoms with Gasteiger partial charge >= 0.3 is 5.97 Å². The summed E-state index contributed by atoms with van der Waals surface area (Å²) in [5.41, 5.74) is 1.82. The molecule has 2 aromatic rings. The molecule has 0 aliphatic carbocycles. The Hall–Kier alpha value is -2.23. The number of ether oxygens (including phenoxy) is 1. The normalized spacial score (nSPS) is 12.7. The van der Waals surface area contributed by atoms with Gasteiger partial charge in [-0.2, -0.15) is 0 Å². The molecule has 27 heavy (non-hydrogen) atoms. The van der Waals surface area contributed by atoms with Crippen LogP contribution in [0.5, 0.6) is 0 Å². The smallest absolute Gasteiger partial charge is 0.349 e. The van der Waals surface area contributed by atoms with Gasteiger partial charge in [0.05, 0.1) is 4.90 Å². The number of rotatable bonds is 6. The Morgan fingerprint density at radius 1 is 1.15 bits per heavy atom. The number of anilines is 1. The zero-order chi connectivity index (χ0) is 20.4. The first-order chi connectivity index (χ1) is 12.5. The maximum absolute atomic E-state index is 12.4. The quantitative estimate of drug-likeness (QED) is 0.739. The molecule has 2 rings (SSSR count). The molecular weight excluding hydrogens is 388 g/mol. The summed E-state index contributed by atoms with van der Waals surface area (Å²) in [6, 6.07) is 6.27. The van der Waals surface area contributed by atoms with E-state index in [4.69, 9.17) is 4.74 Å². The maximum atomic E-state index is 12.4. The van der Waals surface area contributed by atoms with Crippen LogP contribution in [0.25, 0.3) is 0 Å². The molecule has 0 bridgehead atoms. The minimum absolute atomic E-state index is 0.0623. The molecule has 1 aromatic carbocycles. The van der Waals surface area contributed by atoms with Crippen LogP contribution in [0.2, 0.25) is 0 Å². The Kier molecular flexibility index (Phi) is 6.40. The van der Waals surface area contributed by atoms with Crippen LogP contribution in [0.3, 0.4) is 0 Å². The number of nitrogens with one attached hydrogen (secondary N) is 1. The second kappa shape index (κ2) is 8.20. The first kappa shape index (κ1) is 21.1. The molecule has 0 spiro atoms. The number of carbonyl (C=O) groups is 2. The Labute approximate surface area is 163 Å². The van der Waals surface area contributed by atoms with Gasteiger partial charge in [-0.1, -0.05) is 6.07 Å². The zero-order valence-electron chi connectivity index (χ0n) is 15.8. The van der Waals surface area contributed by atoms with Crippen LogP contribution in [-0.2, 0) is 19.6 Å². The minimum atomic E-state index is -3.63. The molecule has 146 valence electrons. The van der Waals surface area contributed by atoms with Crippen LogP contribution >= 0.6 is 11.3 Å². The number of hydrogen-bond acceptors (Lipinski definition) is 6. The molecule has 0 radical (unpaired) electrons. The molecule has 0 aliphatic heterocycles. The summed E-state index contributed by atoms with van der Waals surface area (Å²) in [5.74, 6) is -1.11. The fourth-order valence-corrected chi connectivity index (χ4v) is 3.93. The number of amides is 1. The van der Waals surface area contributed by atoms with Crippen LogP contribution in [-0.4, -0.2) is 44.8 Å². The molecule has 9 heteroatoms. The third-order valence-electron chi connectivity index (χ3n) is 3.95. The number of aryl methyl sites for hydroxylation is 2. The first-order valence-electron chi connectivity index (χ1n) is 8.13. The van der Waals surface area contributed by atoms with Gasteiger partial charge in [0, 0.05) is 19.8 Å². The van der Waals surface area contributed by atoms with Crippen LogP contribution in [0, 0.1) is 13.8 Å². The van der Waals surface area contributed by atoms with Gasteiger partial charge in [-0.15, -0.1) is 11.3 Å². The Morgan fingerprint density at radius 3 is 2.37 bits per heavy atom. The van der Waals surface area contributed by atoms with Crippen molar-refractivity contribution in [1.82, 2.24) is 4.31 Å². The number of carbonyl (C=O) groups excluding carboxylic acids is 2. The molecule has 0 aliphatic rings. The van der Waals surface area contributed by atoms with E-state index in [0.29, 0.717) is 16.1 Å². The van der Waals surface area contributed by atoms with Crippen molar-refractivity contribution < 1.29 is 22.7 Å². The number of esters is 1. The molecule has 1 heterocycles. The van der Waals surface area contributed by atoms with Gasteiger partial charge in [0.25, 0.3) is 5.91 Å². The lowest BCUT2D eigenvalue weighted by atomic mass is 10.2. The van der Waals surface area contributed by atoms with E-state index in [9.17, 15) is 18.0 Å². The second-order valence-corrected chi connectivity index (χ2v) is 9.30. The highest BCUT2D eigenvalue weighted by molar-refractivity contribution is 7.89. The van der Waals surface area contributed by atoms with Gasteiger partial charge in [0.15, 0.2) is 6.10 Å². The van der Waals surface area contributed by atoms with Crippen molar-refractivity contribution in [2.45, 2.75) is 31.8 Å². The first-order valence-corrected chi connectivity index (χ1v) is 10.4. The lowest BCUT2D eigenvalue weighted by molar-refractivity contribution is -0.123. The minimum Gasteiger partial charge on any atom is -0.448 e. The van der Waals surface area contributed by atoms with Gasteiger partial charge in [-0.05, 0) is 55.5 Å². The number of nitrogens with zero attached hydrogens (tertiary/aromatic N) is 1. The summed E-state index contributed by atoms with van der Waals surface area (Å²) < 4.78 is 30.9. The number of hydrogen-bond donors (Lipinski definition) is 1. The number of sulfonamides is 1. The predicted octanol–water partition coefficient (Wildman–Crippen LogP) is 2.80. The average molecular weight is 411 g/mol. The van der Waals surface area contributed by atoms with E-state index in [1.165, 1.54) is 44.5 Å². The van der Waals surface area contributed by atoms with E-state index in [-0.39, 0.29) is 4.90 Å². The van der Waals surface area contributed by atoms with Gasteiger partial charge in [0.1, 0.15) is 4.88 Å². The van der Waals surface area contributed by atoms with Crippen molar-refractivity contribution in [3.8, 4) is 0 Å². The third kappa shape index (κ3) is 4.74. The summed E-state index contributed by atoms with van der Waals surface area (Å²) >= 11 is 1.25. The molecule has 1 unspecified atom stereocenters. The molecule has 1 atom stereocenters. The van der Waals surface area contributed by atoms with Gasteiger partial charge in [0.2, 0.25) is 10.0 Å². The fraction of sp³-hybridized carbons (Fsp3) is 0.333. The lowest BCUT2D eigenvalue weighted by Gasteiger charge is -2.16. The van der Waals surface area contributed by atoms with Crippen molar-refractivity contribution in [2.24, 2.45) is 0 Å². The highest BCUT2D eigenvalue weighted by Gasteiger charge is 2.23. The molecule has 1 N–H and O–H groups in total. The van der Waals surface area contributed by atoms with Crippen molar-refractivity contribution >= 4 is 38.9 Å². The topological polar surface area (TPSA) is 92.8 Å².